The molecule has 43 heavy (non-hydrogen) atoms. The van der Waals surface area contributed by atoms with Crippen LogP contribution in [0.3, 0.4) is 0 Å². The highest BCUT2D eigenvalue weighted by atomic mass is 16.5. The monoisotopic (exact) mass is 579 g/mol. The lowest BCUT2D eigenvalue weighted by Crippen LogP contribution is -2.64. The van der Waals surface area contributed by atoms with E-state index in [-0.39, 0.29) is 33.7 Å². The van der Waals surface area contributed by atoms with Crippen molar-refractivity contribution < 1.29 is 34.4 Å². The van der Waals surface area contributed by atoms with Crippen molar-refractivity contribution in [3.8, 4) is 0 Å². The summed E-state index contributed by atoms with van der Waals surface area (Å²) < 4.78 is 6.94. The average Bonchev–Trinajstić information content (AvgIpc) is 3.49. The second-order valence-electron chi connectivity index (χ2n) is 9.92. The highest BCUT2D eigenvalue weighted by molar-refractivity contribution is 6.27. The fourth-order valence-corrected chi connectivity index (χ4v) is 5.09. The van der Waals surface area contributed by atoms with Crippen LogP contribution in [0.1, 0.15) is 37.3 Å². The molecule has 3 heterocycles. The number of fused-ring (bicyclic) bond motifs is 1. The first-order valence-corrected chi connectivity index (χ1v) is 13.3. The Labute approximate surface area is 244 Å². The number of aliphatic hydroxyl groups is 3. The number of hydrogen-bond donors (Lipinski definition) is 3. The van der Waals surface area contributed by atoms with Gasteiger partial charge in [-0.3, -0.25) is 19.0 Å². The molecule has 0 radical (unpaired) electrons. The number of imide groups is 1. The number of amides is 2. The van der Waals surface area contributed by atoms with Crippen LogP contribution in [0, 0.1) is 0 Å². The number of aromatic nitrogens is 4. The maximum absolute atomic E-state index is 13.8. The van der Waals surface area contributed by atoms with E-state index >= 15 is 0 Å². The minimum Gasteiger partial charge on any atom is -0.388 e. The Bertz CT molecular complexity index is 1750. The van der Waals surface area contributed by atoms with Gasteiger partial charge < -0.3 is 20.1 Å². The largest absolute Gasteiger partial charge is 0.388 e. The lowest BCUT2D eigenvalue weighted by atomic mass is 9.81. The summed E-state index contributed by atoms with van der Waals surface area (Å²) in [6.45, 7) is -0.418. The van der Waals surface area contributed by atoms with Crippen molar-refractivity contribution in [3.05, 3.63) is 120 Å². The van der Waals surface area contributed by atoms with E-state index in [4.69, 9.17) is 4.74 Å². The average molecular weight is 580 g/mol. The van der Waals surface area contributed by atoms with Crippen LogP contribution in [0.25, 0.3) is 11.2 Å². The summed E-state index contributed by atoms with van der Waals surface area (Å²) in [5.74, 6) is -2.40. The van der Waals surface area contributed by atoms with Gasteiger partial charge >= 0.3 is 0 Å². The highest BCUT2D eigenvalue weighted by Crippen LogP contribution is 2.39. The molecule has 5 aromatic rings. The van der Waals surface area contributed by atoms with E-state index < -0.39 is 48.2 Å². The van der Waals surface area contributed by atoms with Crippen LogP contribution in [0.2, 0.25) is 0 Å². The van der Waals surface area contributed by atoms with Gasteiger partial charge in [-0.15, -0.1) is 0 Å². The minimum atomic E-state index is -2.67. The summed E-state index contributed by atoms with van der Waals surface area (Å²) in [4.78, 5) is 54.9. The number of hydrogen-bond acceptors (Lipinski definition) is 10. The summed E-state index contributed by atoms with van der Waals surface area (Å²) in [6, 6.07) is 24.1. The third-order valence-corrected chi connectivity index (χ3v) is 7.27. The number of carbonyl (C=O) groups is 3. The van der Waals surface area contributed by atoms with Gasteiger partial charge in [0.1, 0.15) is 18.5 Å². The molecule has 2 amide bonds. The van der Waals surface area contributed by atoms with Crippen LogP contribution < -0.4 is 4.90 Å². The summed E-state index contributed by atoms with van der Waals surface area (Å²) in [6.07, 6.45) is -2.82. The molecule has 12 heteroatoms. The smallest absolute Gasteiger partial charge is 0.266 e. The molecular weight excluding hydrogens is 554 g/mol. The van der Waals surface area contributed by atoms with E-state index in [2.05, 4.69) is 15.0 Å². The second-order valence-corrected chi connectivity index (χ2v) is 9.92. The molecule has 0 bridgehead atoms. The van der Waals surface area contributed by atoms with Crippen LogP contribution in [-0.2, 0) is 4.74 Å². The maximum atomic E-state index is 13.8. The summed E-state index contributed by atoms with van der Waals surface area (Å²) in [5, 5.41) is 33.1. The van der Waals surface area contributed by atoms with E-state index in [1.54, 1.807) is 78.9 Å². The number of ether oxygens (including phenoxy) is 1. The SMILES string of the molecule is O=C(c1ccccc1)N(C(=O)c1ccccc1)c1ncnc2c1ncn2[C@@H]1OC[C@@H](O)[C@@H](O)[C@]1(O)C(=O)c1ccccc1. The lowest BCUT2D eigenvalue weighted by molar-refractivity contribution is -0.242. The molecule has 3 aromatic carbocycles. The normalized spacial score (nSPS) is 21.8. The number of rotatable bonds is 6. The summed E-state index contributed by atoms with van der Waals surface area (Å²) in [7, 11) is 0. The first-order valence-electron chi connectivity index (χ1n) is 13.3. The van der Waals surface area contributed by atoms with Crippen LogP contribution in [0.4, 0.5) is 5.82 Å². The molecule has 2 aromatic heterocycles. The number of anilines is 1. The van der Waals surface area contributed by atoms with Gasteiger partial charge in [0.15, 0.2) is 23.2 Å². The quantitative estimate of drug-likeness (QED) is 0.200. The maximum Gasteiger partial charge on any atom is 0.266 e. The summed E-state index contributed by atoms with van der Waals surface area (Å²) in [5.41, 5.74) is -2.20. The molecule has 0 saturated carbocycles. The minimum absolute atomic E-state index is 0.00963. The number of nitrogens with zero attached hydrogens (tertiary/aromatic N) is 5. The van der Waals surface area contributed by atoms with E-state index in [0.717, 1.165) is 11.2 Å². The second kappa shape index (κ2) is 11.3. The molecule has 0 spiro atoms. The van der Waals surface area contributed by atoms with E-state index in [1.165, 1.54) is 23.0 Å². The third kappa shape index (κ3) is 4.77. The van der Waals surface area contributed by atoms with Crippen LogP contribution >= 0.6 is 0 Å². The van der Waals surface area contributed by atoms with E-state index in [1.807, 2.05) is 0 Å². The van der Waals surface area contributed by atoms with Crippen molar-refractivity contribution in [1.29, 1.82) is 0 Å². The predicted octanol–water partition coefficient (Wildman–Crippen LogP) is 2.18. The Morgan fingerprint density at radius 1 is 0.791 bits per heavy atom. The molecule has 4 atom stereocenters. The van der Waals surface area contributed by atoms with Crippen molar-refractivity contribution >= 4 is 34.6 Å². The van der Waals surface area contributed by atoms with Crippen LogP contribution in [0.15, 0.2) is 104 Å². The van der Waals surface area contributed by atoms with Crippen molar-refractivity contribution in [2.45, 2.75) is 24.0 Å². The van der Waals surface area contributed by atoms with Crippen LogP contribution in [-0.4, -0.2) is 76.9 Å². The van der Waals surface area contributed by atoms with Gasteiger partial charge in [0.2, 0.25) is 11.4 Å². The Morgan fingerprint density at radius 2 is 1.33 bits per heavy atom. The predicted molar refractivity (Wildman–Crippen MR) is 152 cm³/mol. The fourth-order valence-electron chi connectivity index (χ4n) is 5.09. The van der Waals surface area contributed by atoms with Gasteiger partial charge in [-0.2, -0.15) is 0 Å². The molecule has 1 aliphatic heterocycles. The van der Waals surface area contributed by atoms with Gasteiger partial charge in [0, 0.05) is 16.7 Å². The highest BCUT2D eigenvalue weighted by Gasteiger charge is 2.57. The first kappa shape index (κ1) is 28.0. The topological polar surface area (TPSA) is 168 Å². The Morgan fingerprint density at radius 3 is 1.88 bits per heavy atom. The van der Waals surface area contributed by atoms with Crippen molar-refractivity contribution in [1.82, 2.24) is 19.5 Å². The molecule has 1 aliphatic rings. The zero-order valence-corrected chi connectivity index (χ0v) is 22.5. The van der Waals surface area contributed by atoms with Gasteiger partial charge in [-0.05, 0) is 24.3 Å². The van der Waals surface area contributed by atoms with Crippen molar-refractivity contribution in [2.24, 2.45) is 0 Å². The Kier molecular flexibility index (Phi) is 7.34. The number of benzene rings is 3. The molecule has 216 valence electrons. The molecule has 0 aliphatic carbocycles. The number of imidazole rings is 1. The molecule has 3 N–H and O–H groups in total. The van der Waals surface area contributed by atoms with E-state index in [0.29, 0.717) is 0 Å². The van der Waals surface area contributed by atoms with Crippen molar-refractivity contribution in [2.75, 3.05) is 11.5 Å². The number of carbonyl (C=O) groups excluding carboxylic acids is 3. The van der Waals surface area contributed by atoms with Crippen LogP contribution in [0.5, 0.6) is 0 Å². The molecule has 0 unspecified atom stereocenters. The number of Topliss-reactive ketones (excluding diaryl/α,β-unsaturated/α-hetero) is 1. The van der Waals surface area contributed by atoms with E-state index in [9.17, 15) is 29.7 Å². The zero-order chi connectivity index (χ0) is 30.1. The number of ketones is 1. The zero-order valence-electron chi connectivity index (χ0n) is 22.5. The molecule has 1 saturated heterocycles. The molecule has 6 rings (SSSR count). The van der Waals surface area contributed by atoms with Gasteiger partial charge in [0.05, 0.1) is 12.9 Å². The lowest BCUT2D eigenvalue weighted by Gasteiger charge is -2.44. The van der Waals surface area contributed by atoms with Gasteiger partial charge in [0.25, 0.3) is 11.8 Å². The molecule has 12 nitrogen and oxygen atoms in total. The van der Waals surface area contributed by atoms with Crippen molar-refractivity contribution in [3.63, 3.8) is 0 Å². The van der Waals surface area contributed by atoms with Gasteiger partial charge in [-0.25, -0.2) is 19.9 Å². The first-order chi connectivity index (χ1) is 20.8. The summed E-state index contributed by atoms with van der Waals surface area (Å²) >= 11 is 0. The Balaban J connectivity index is 1.49. The fraction of sp³-hybridized carbons (Fsp3) is 0.161. The standard InChI is InChI=1S/C31H25N5O7/c37-22-16-43-30(31(42,25(22)39)24(38)19-10-4-1-5-11-19)35-18-34-23-26(35)32-17-33-27(23)36(28(40)20-12-6-2-7-13-20)29(41)21-14-8-3-9-15-21/h1-15,17-18,22,25,30,37,39,42H,16H2/t22-,25-,30-,31-/m1/s1. The molecule has 1 fully saturated rings. The molecular formula is C31H25N5O7. The number of aliphatic hydroxyl groups excluding tert-OH is 2. The third-order valence-electron chi connectivity index (χ3n) is 7.27. The van der Waals surface area contributed by atoms with Gasteiger partial charge in [-0.1, -0.05) is 66.7 Å². The Hall–Kier alpha value is -5.14.